The normalized spacial score (nSPS) is 9.17. The molecule has 4 heteroatoms. The Labute approximate surface area is 78.4 Å². The van der Waals surface area contributed by atoms with Gasteiger partial charge in [0.1, 0.15) is 12.9 Å². The summed E-state index contributed by atoms with van der Waals surface area (Å²) in [6.45, 7) is 0. The Balaban J connectivity index is 2.64. The molecule has 0 aliphatic carbocycles. The minimum Gasteiger partial charge on any atom is -0.430 e. The zero-order valence-electron chi connectivity index (χ0n) is 6.12. The van der Waals surface area contributed by atoms with Crippen molar-refractivity contribution in [1.82, 2.24) is 0 Å². The highest BCUT2D eigenvalue weighted by atomic mass is 79.9. The smallest absolute Gasteiger partial charge is 0.430 e. The van der Waals surface area contributed by atoms with E-state index >= 15 is 0 Å². The molecule has 0 atom stereocenters. The standard InChI is InChI=1S/C8H6BrO3/c1-11-8(10)12-7-4-2-6(9)3-5-7/h2-5H,1H2. The average Bonchev–Trinajstić information content (AvgIpc) is 2.09. The van der Waals surface area contributed by atoms with Crippen LogP contribution in [-0.2, 0) is 4.74 Å². The summed E-state index contributed by atoms with van der Waals surface area (Å²) in [5.74, 6) is 0.423. The van der Waals surface area contributed by atoms with Gasteiger partial charge in [0.05, 0.1) is 0 Å². The first-order valence-corrected chi connectivity index (χ1v) is 3.91. The molecule has 0 N–H and O–H groups in total. The van der Waals surface area contributed by atoms with Crippen molar-refractivity contribution in [1.29, 1.82) is 0 Å². The second-order valence-electron chi connectivity index (χ2n) is 1.95. The van der Waals surface area contributed by atoms with E-state index in [0.29, 0.717) is 5.75 Å². The molecule has 0 unspecified atom stereocenters. The van der Waals surface area contributed by atoms with Crippen LogP contribution >= 0.6 is 15.9 Å². The Bertz CT molecular complexity index is 268. The lowest BCUT2D eigenvalue weighted by atomic mass is 10.3. The summed E-state index contributed by atoms with van der Waals surface area (Å²) in [4.78, 5) is 10.5. The summed E-state index contributed by atoms with van der Waals surface area (Å²) in [7, 11) is 2.92. The second kappa shape index (κ2) is 4.11. The number of ether oxygens (including phenoxy) is 2. The largest absolute Gasteiger partial charge is 0.513 e. The number of carbonyl (C=O) groups is 1. The molecular weight excluding hydrogens is 224 g/mol. The van der Waals surface area contributed by atoms with Crippen molar-refractivity contribution in [3.8, 4) is 5.75 Å². The van der Waals surface area contributed by atoms with Crippen molar-refractivity contribution >= 4 is 22.1 Å². The fourth-order valence-corrected chi connectivity index (χ4v) is 0.893. The Morgan fingerprint density at radius 3 is 2.42 bits per heavy atom. The summed E-state index contributed by atoms with van der Waals surface area (Å²) in [6, 6.07) is 6.79. The molecule has 0 fully saturated rings. The van der Waals surface area contributed by atoms with Gasteiger partial charge < -0.3 is 9.47 Å². The number of carbonyl (C=O) groups excluding carboxylic acids is 1. The molecule has 1 aromatic carbocycles. The number of halogens is 1. The summed E-state index contributed by atoms with van der Waals surface area (Å²) in [5.41, 5.74) is 0. The van der Waals surface area contributed by atoms with Gasteiger partial charge in [-0.15, -0.1) is 0 Å². The van der Waals surface area contributed by atoms with Crippen LogP contribution in [0, 0.1) is 7.11 Å². The lowest BCUT2D eigenvalue weighted by molar-refractivity contribution is 0.133. The van der Waals surface area contributed by atoms with Gasteiger partial charge in [-0.25, -0.2) is 4.79 Å². The maximum Gasteiger partial charge on any atom is 0.513 e. The van der Waals surface area contributed by atoms with Gasteiger partial charge in [0.25, 0.3) is 0 Å². The third kappa shape index (κ3) is 2.54. The second-order valence-corrected chi connectivity index (χ2v) is 2.87. The Morgan fingerprint density at radius 2 is 1.92 bits per heavy atom. The number of benzene rings is 1. The minimum absolute atomic E-state index is 0.423. The van der Waals surface area contributed by atoms with Crippen molar-refractivity contribution in [2.75, 3.05) is 0 Å². The van der Waals surface area contributed by atoms with Gasteiger partial charge in [-0.1, -0.05) is 15.9 Å². The van der Waals surface area contributed by atoms with Crippen molar-refractivity contribution in [3.05, 3.63) is 35.8 Å². The van der Waals surface area contributed by atoms with Crippen LogP contribution in [-0.4, -0.2) is 6.16 Å². The lowest BCUT2D eigenvalue weighted by Gasteiger charge is -2.00. The van der Waals surface area contributed by atoms with Crippen LogP contribution in [0.3, 0.4) is 0 Å². The van der Waals surface area contributed by atoms with Gasteiger partial charge in [-0.2, -0.15) is 0 Å². The summed E-state index contributed by atoms with van der Waals surface area (Å²) in [5, 5.41) is 0. The lowest BCUT2D eigenvalue weighted by Crippen LogP contribution is -2.05. The van der Waals surface area contributed by atoms with Crippen molar-refractivity contribution in [3.63, 3.8) is 0 Å². The van der Waals surface area contributed by atoms with Crippen LogP contribution in [0.15, 0.2) is 28.7 Å². The highest BCUT2D eigenvalue weighted by molar-refractivity contribution is 9.10. The fraction of sp³-hybridized carbons (Fsp3) is 0. The SMILES string of the molecule is [CH2]OC(=O)Oc1ccc(Br)cc1. The van der Waals surface area contributed by atoms with E-state index in [9.17, 15) is 4.79 Å². The Kier molecular flexibility index (Phi) is 3.10. The zero-order chi connectivity index (χ0) is 8.97. The van der Waals surface area contributed by atoms with E-state index in [-0.39, 0.29) is 0 Å². The van der Waals surface area contributed by atoms with Crippen LogP contribution in [0.4, 0.5) is 4.79 Å². The number of hydrogen-bond acceptors (Lipinski definition) is 3. The first kappa shape index (κ1) is 9.06. The maximum absolute atomic E-state index is 10.5. The van der Waals surface area contributed by atoms with Gasteiger partial charge in [0, 0.05) is 4.47 Å². The molecule has 0 bridgehead atoms. The average molecular weight is 230 g/mol. The van der Waals surface area contributed by atoms with Crippen molar-refractivity contribution in [2.24, 2.45) is 0 Å². The van der Waals surface area contributed by atoms with Crippen molar-refractivity contribution < 1.29 is 14.3 Å². The van der Waals surface area contributed by atoms with Crippen LogP contribution < -0.4 is 4.74 Å². The molecule has 0 spiro atoms. The molecule has 0 aromatic heterocycles. The van der Waals surface area contributed by atoms with Crippen LogP contribution in [0.2, 0.25) is 0 Å². The molecule has 63 valence electrons. The molecule has 1 aromatic rings. The molecule has 1 radical (unpaired) electrons. The van der Waals surface area contributed by atoms with E-state index in [0.717, 1.165) is 4.47 Å². The van der Waals surface area contributed by atoms with E-state index < -0.39 is 6.16 Å². The van der Waals surface area contributed by atoms with Crippen LogP contribution in [0.25, 0.3) is 0 Å². The minimum atomic E-state index is -0.822. The first-order valence-electron chi connectivity index (χ1n) is 3.12. The van der Waals surface area contributed by atoms with Gasteiger partial charge in [0.15, 0.2) is 0 Å². The maximum atomic E-state index is 10.5. The quantitative estimate of drug-likeness (QED) is 0.549. The van der Waals surface area contributed by atoms with E-state index in [1.807, 2.05) is 0 Å². The van der Waals surface area contributed by atoms with Gasteiger partial charge in [-0.05, 0) is 24.3 Å². The number of hydrogen-bond donors (Lipinski definition) is 0. The molecule has 0 saturated heterocycles. The number of rotatable bonds is 1. The fourth-order valence-electron chi connectivity index (χ4n) is 0.628. The van der Waals surface area contributed by atoms with Gasteiger partial charge >= 0.3 is 6.16 Å². The topological polar surface area (TPSA) is 35.5 Å². The molecular formula is C8H6BrO3. The van der Waals surface area contributed by atoms with E-state index in [2.05, 4.69) is 32.5 Å². The molecule has 0 aliphatic heterocycles. The van der Waals surface area contributed by atoms with Crippen LogP contribution in [0.5, 0.6) is 5.75 Å². The molecule has 3 nitrogen and oxygen atoms in total. The molecule has 0 aliphatic rings. The molecule has 0 saturated carbocycles. The molecule has 1 rings (SSSR count). The summed E-state index contributed by atoms with van der Waals surface area (Å²) >= 11 is 3.24. The Morgan fingerprint density at radius 1 is 1.33 bits per heavy atom. The van der Waals surface area contributed by atoms with E-state index in [1.165, 1.54) is 0 Å². The highest BCUT2D eigenvalue weighted by Crippen LogP contribution is 2.16. The molecule has 12 heavy (non-hydrogen) atoms. The third-order valence-electron chi connectivity index (χ3n) is 1.13. The summed E-state index contributed by atoms with van der Waals surface area (Å²) < 4.78 is 9.65. The first-order chi connectivity index (χ1) is 5.72. The van der Waals surface area contributed by atoms with Crippen LogP contribution in [0.1, 0.15) is 0 Å². The Hall–Kier alpha value is -1.03. The van der Waals surface area contributed by atoms with Gasteiger partial charge in [-0.3, -0.25) is 0 Å². The van der Waals surface area contributed by atoms with Crippen molar-refractivity contribution in [2.45, 2.75) is 0 Å². The highest BCUT2D eigenvalue weighted by Gasteiger charge is 2.01. The predicted octanol–water partition coefficient (Wildman–Crippen LogP) is 2.76. The van der Waals surface area contributed by atoms with E-state index in [1.54, 1.807) is 24.3 Å². The molecule has 0 amide bonds. The summed E-state index contributed by atoms with van der Waals surface area (Å²) in [6.07, 6.45) is -0.822. The van der Waals surface area contributed by atoms with Gasteiger partial charge in [0.2, 0.25) is 0 Å². The third-order valence-corrected chi connectivity index (χ3v) is 1.66. The monoisotopic (exact) mass is 229 g/mol. The predicted molar refractivity (Wildman–Crippen MR) is 46.6 cm³/mol. The zero-order valence-corrected chi connectivity index (χ0v) is 7.71. The molecule has 0 heterocycles. The van der Waals surface area contributed by atoms with E-state index in [4.69, 9.17) is 0 Å².